The van der Waals surface area contributed by atoms with Crippen LogP contribution in [-0.2, 0) is 4.79 Å². The van der Waals surface area contributed by atoms with Gasteiger partial charge in [0.1, 0.15) is 5.71 Å². The maximum atomic E-state index is 12.6. The lowest BCUT2D eigenvalue weighted by atomic mass is 9.91. The SMILES string of the molecule is CC1(NO)C(=O)N(c2ccccc2)N=C1c1ccccc1. The Bertz CT molecular complexity index is 685. The van der Waals surface area contributed by atoms with Crippen LogP contribution in [0, 0.1) is 0 Å². The van der Waals surface area contributed by atoms with Gasteiger partial charge in [0, 0.05) is 5.56 Å². The van der Waals surface area contributed by atoms with Crippen molar-refractivity contribution in [2.24, 2.45) is 5.10 Å². The summed E-state index contributed by atoms with van der Waals surface area (Å²) in [5.41, 5.74) is 2.78. The molecule has 0 radical (unpaired) electrons. The number of amides is 1. The molecule has 0 spiro atoms. The molecule has 1 aliphatic rings. The van der Waals surface area contributed by atoms with Gasteiger partial charge in [-0.2, -0.15) is 15.6 Å². The number of nitrogens with zero attached hydrogens (tertiary/aromatic N) is 2. The van der Waals surface area contributed by atoms with Crippen molar-refractivity contribution in [2.75, 3.05) is 5.01 Å². The molecule has 0 aliphatic carbocycles. The van der Waals surface area contributed by atoms with Crippen LogP contribution in [0.5, 0.6) is 0 Å². The van der Waals surface area contributed by atoms with Crippen molar-refractivity contribution in [1.29, 1.82) is 0 Å². The average Bonchev–Trinajstić information content (AvgIpc) is 2.82. The summed E-state index contributed by atoms with van der Waals surface area (Å²) in [4.78, 5) is 12.6. The smallest absolute Gasteiger partial charge is 0.275 e. The van der Waals surface area contributed by atoms with Gasteiger partial charge in [0.25, 0.3) is 5.91 Å². The highest BCUT2D eigenvalue weighted by atomic mass is 16.5. The van der Waals surface area contributed by atoms with Gasteiger partial charge in [-0.05, 0) is 19.1 Å². The fourth-order valence-electron chi connectivity index (χ4n) is 2.35. The Kier molecular flexibility index (Phi) is 3.29. The maximum Gasteiger partial charge on any atom is 0.275 e. The van der Waals surface area contributed by atoms with Crippen molar-refractivity contribution in [3.8, 4) is 0 Å². The largest absolute Gasteiger partial charge is 0.315 e. The predicted molar refractivity (Wildman–Crippen MR) is 80.2 cm³/mol. The minimum atomic E-state index is -1.27. The number of carbonyl (C=O) groups excluding carboxylic acids is 1. The Balaban J connectivity index is 2.10. The summed E-state index contributed by atoms with van der Waals surface area (Å²) < 4.78 is 0. The zero-order valence-corrected chi connectivity index (χ0v) is 11.5. The van der Waals surface area contributed by atoms with Gasteiger partial charge in [-0.15, -0.1) is 0 Å². The van der Waals surface area contributed by atoms with Crippen molar-refractivity contribution in [1.82, 2.24) is 5.48 Å². The normalized spacial score (nSPS) is 21.5. The third kappa shape index (κ3) is 2.12. The molecule has 0 aromatic heterocycles. The Morgan fingerprint density at radius 1 is 1.05 bits per heavy atom. The first-order valence-corrected chi connectivity index (χ1v) is 6.62. The van der Waals surface area contributed by atoms with E-state index in [9.17, 15) is 10.0 Å². The third-order valence-electron chi connectivity index (χ3n) is 3.57. The first-order chi connectivity index (χ1) is 10.2. The molecule has 2 aromatic carbocycles. The van der Waals surface area contributed by atoms with Gasteiger partial charge in [-0.1, -0.05) is 48.5 Å². The van der Waals surface area contributed by atoms with Gasteiger partial charge in [-0.3, -0.25) is 4.79 Å². The minimum Gasteiger partial charge on any atom is -0.315 e. The highest BCUT2D eigenvalue weighted by molar-refractivity contribution is 6.28. The molecule has 1 amide bonds. The van der Waals surface area contributed by atoms with Crippen LogP contribution in [-0.4, -0.2) is 22.4 Å². The van der Waals surface area contributed by atoms with Crippen molar-refractivity contribution in [3.63, 3.8) is 0 Å². The zero-order chi connectivity index (χ0) is 14.9. The Morgan fingerprint density at radius 3 is 2.19 bits per heavy atom. The fraction of sp³-hybridized carbons (Fsp3) is 0.125. The second-order valence-corrected chi connectivity index (χ2v) is 5.00. The molecule has 0 fully saturated rings. The van der Waals surface area contributed by atoms with Crippen LogP contribution in [0.3, 0.4) is 0 Å². The maximum absolute atomic E-state index is 12.6. The standard InChI is InChI=1S/C16H15N3O2/c1-16(18-21)14(12-8-4-2-5-9-12)17-19(15(16)20)13-10-6-3-7-11-13/h2-11,18,21H,1H3. The fourth-order valence-corrected chi connectivity index (χ4v) is 2.35. The summed E-state index contributed by atoms with van der Waals surface area (Å²) in [6.45, 7) is 1.62. The van der Waals surface area contributed by atoms with E-state index < -0.39 is 5.54 Å². The molecule has 1 aliphatic heterocycles. The number of carbonyl (C=O) groups is 1. The number of rotatable bonds is 3. The van der Waals surface area contributed by atoms with Crippen LogP contribution in [0.4, 0.5) is 5.69 Å². The van der Waals surface area contributed by atoms with Crippen molar-refractivity contribution < 1.29 is 10.0 Å². The number of benzene rings is 2. The summed E-state index contributed by atoms with van der Waals surface area (Å²) in [7, 11) is 0. The number of hydrazone groups is 1. The highest BCUT2D eigenvalue weighted by Gasteiger charge is 2.48. The van der Waals surface area contributed by atoms with Crippen LogP contribution in [0.15, 0.2) is 65.8 Å². The number of hydroxylamine groups is 1. The molecule has 1 atom stereocenters. The highest BCUT2D eigenvalue weighted by Crippen LogP contribution is 2.28. The van der Waals surface area contributed by atoms with Crippen LogP contribution < -0.4 is 10.5 Å². The predicted octanol–water partition coefficient (Wildman–Crippen LogP) is 2.17. The molecule has 3 rings (SSSR count). The molecule has 5 nitrogen and oxygen atoms in total. The summed E-state index contributed by atoms with van der Waals surface area (Å²) in [6, 6.07) is 18.5. The molecule has 21 heavy (non-hydrogen) atoms. The summed E-state index contributed by atoms with van der Waals surface area (Å²) in [5, 5.41) is 15.2. The van der Waals surface area contributed by atoms with Gasteiger partial charge >= 0.3 is 0 Å². The molecule has 2 N–H and O–H groups in total. The topological polar surface area (TPSA) is 64.9 Å². The Labute approximate surface area is 122 Å². The second-order valence-electron chi connectivity index (χ2n) is 5.00. The lowest BCUT2D eigenvalue weighted by Crippen LogP contribution is -2.54. The lowest BCUT2D eigenvalue weighted by molar-refractivity contribution is -0.124. The molecular weight excluding hydrogens is 266 g/mol. The molecule has 0 saturated carbocycles. The van der Waals surface area contributed by atoms with E-state index in [1.165, 1.54) is 5.01 Å². The van der Waals surface area contributed by atoms with E-state index in [2.05, 4.69) is 10.6 Å². The molecule has 0 saturated heterocycles. The van der Waals surface area contributed by atoms with Crippen LogP contribution in [0.25, 0.3) is 0 Å². The van der Waals surface area contributed by atoms with Crippen molar-refractivity contribution in [2.45, 2.75) is 12.5 Å². The van der Waals surface area contributed by atoms with Gasteiger partial charge < -0.3 is 5.21 Å². The van der Waals surface area contributed by atoms with Crippen LogP contribution in [0.2, 0.25) is 0 Å². The molecule has 1 heterocycles. The summed E-state index contributed by atoms with van der Waals surface area (Å²) in [6.07, 6.45) is 0. The third-order valence-corrected chi connectivity index (χ3v) is 3.57. The lowest BCUT2D eigenvalue weighted by Gasteiger charge is -2.22. The molecule has 5 heteroatoms. The monoisotopic (exact) mass is 281 g/mol. The van der Waals surface area contributed by atoms with Gasteiger partial charge in [0.2, 0.25) is 0 Å². The first kappa shape index (κ1) is 13.5. The molecule has 106 valence electrons. The Morgan fingerprint density at radius 2 is 1.62 bits per heavy atom. The van der Waals surface area contributed by atoms with E-state index in [0.717, 1.165) is 5.56 Å². The van der Waals surface area contributed by atoms with Gasteiger partial charge in [-0.25, -0.2) is 0 Å². The number of nitrogens with one attached hydrogen (secondary N) is 1. The molecular formula is C16H15N3O2. The number of para-hydroxylation sites is 1. The zero-order valence-electron chi connectivity index (χ0n) is 11.5. The van der Waals surface area contributed by atoms with E-state index in [0.29, 0.717) is 11.4 Å². The summed E-state index contributed by atoms with van der Waals surface area (Å²) >= 11 is 0. The van der Waals surface area contributed by atoms with Gasteiger partial charge in [0.05, 0.1) is 5.69 Å². The average molecular weight is 281 g/mol. The van der Waals surface area contributed by atoms with E-state index in [4.69, 9.17) is 0 Å². The van der Waals surface area contributed by atoms with Crippen LogP contribution >= 0.6 is 0 Å². The van der Waals surface area contributed by atoms with E-state index in [-0.39, 0.29) is 5.91 Å². The number of hydrogen-bond acceptors (Lipinski definition) is 4. The Hall–Kier alpha value is -2.50. The van der Waals surface area contributed by atoms with Crippen LogP contribution in [0.1, 0.15) is 12.5 Å². The molecule has 2 aromatic rings. The van der Waals surface area contributed by atoms with Crippen molar-refractivity contribution >= 4 is 17.3 Å². The minimum absolute atomic E-state index is 0.324. The van der Waals surface area contributed by atoms with E-state index in [1.807, 2.05) is 48.5 Å². The van der Waals surface area contributed by atoms with E-state index >= 15 is 0 Å². The van der Waals surface area contributed by atoms with E-state index in [1.54, 1.807) is 19.1 Å². The second kappa shape index (κ2) is 5.12. The molecule has 1 unspecified atom stereocenters. The van der Waals surface area contributed by atoms with Crippen molar-refractivity contribution in [3.05, 3.63) is 66.2 Å². The van der Waals surface area contributed by atoms with Gasteiger partial charge in [0.15, 0.2) is 5.54 Å². The number of anilines is 1. The molecule has 0 bridgehead atoms. The summed E-state index contributed by atoms with van der Waals surface area (Å²) in [5.74, 6) is -0.324. The number of hydrogen-bond donors (Lipinski definition) is 2. The quantitative estimate of drug-likeness (QED) is 0.847. The first-order valence-electron chi connectivity index (χ1n) is 6.62.